The Balaban J connectivity index is 1.29. The van der Waals surface area contributed by atoms with Gasteiger partial charge in [-0.1, -0.05) is 53.8 Å². The Morgan fingerprint density at radius 3 is 2.66 bits per heavy atom. The first-order valence-electron chi connectivity index (χ1n) is 12.0. The molecule has 3 aromatic carbocycles. The second kappa shape index (κ2) is 11.3. The summed E-state index contributed by atoms with van der Waals surface area (Å²) < 4.78 is 16.1. The van der Waals surface area contributed by atoms with Gasteiger partial charge in [-0.2, -0.15) is 0 Å². The van der Waals surface area contributed by atoms with Crippen LogP contribution in [0.5, 0.6) is 17.2 Å². The summed E-state index contributed by atoms with van der Waals surface area (Å²) in [6.07, 6.45) is 0.0849. The zero-order valence-electron chi connectivity index (χ0n) is 20.9. The number of benzene rings is 3. The first-order chi connectivity index (χ1) is 18.5. The maximum Gasteiger partial charge on any atom is 0.254 e. The third-order valence-corrected chi connectivity index (χ3v) is 7.09. The molecular weight excluding hydrogens is 504 g/mol. The molecule has 0 saturated heterocycles. The van der Waals surface area contributed by atoms with Gasteiger partial charge in [-0.25, -0.2) is 0 Å². The lowest BCUT2D eigenvalue weighted by molar-refractivity contribution is -0.116. The van der Waals surface area contributed by atoms with Crippen LogP contribution in [0.3, 0.4) is 0 Å². The topological polar surface area (TPSA) is 103 Å². The van der Waals surface area contributed by atoms with Crippen molar-refractivity contribution in [2.45, 2.75) is 19.4 Å². The van der Waals surface area contributed by atoms with Crippen LogP contribution in [0, 0.1) is 0 Å². The molecule has 1 atom stereocenters. The minimum Gasteiger partial charge on any atom is -0.497 e. The Hall–Kier alpha value is -4.44. The molecule has 1 aliphatic heterocycles. The van der Waals surface area contributed by atoms with Crippen molar-refractivity contribution in [1.29, 1.82) is 0 Å². The summed E-state index contributed by atoms with van der Waals surface area (Å²) in [4.78, 5) is 28.2. The van der Waals surface area contributed by atoms with Crippen LogP contribution >= 0.6 is 11.3 Å². The molecule has 2 heterocycles. The quantitative estimate of drug-likeness (QED) is 0.318. The molecule has 1 aromatic heterocycles. The van der Waals surface area contributed by atoms with Crippen molar-refractivity contribution in [2.75, 3.05) is 25.8 Å². The van der Waals surface area contributed by atoms with E-state index in [-0.39, 0.29) is 37.6 Å². The normalized spacial score (nSPS) is 12.6. The number of hydrogen-bond donors (Lipinski definition) is 1. The van der Waals surface area contributed by atoms with Gasteiger partial charge >= 0.3 is 0 Å². The van der Waals surface area contributed by atoms with Gasteiger partial charge in [-0.15, -0.1) is 10.2 Å². The molecule has 0 saturated carbocycles. The Morgan fingerprint density at radius 2 is 1.84 bits per heavy atom. The highest BCUT2D eigenvalue weighted by Gasteiger charge is 2.25. The van der Waals surface area contributed by atoms with Crippen molar-refractivity contribution >= 4 is 28.3 Å². The van der Waals surface area contributed by atoms with E-state index < -0.39 is 0 Å². The maximum absolute atomic E-state index is 13.6. The van der Waals surface area contributed by atoms with Gasteiger partial charge in [0.05, 0.1) is 13.2 Å². The Bertz CT molecular complexity index is 1440. The molecule has 0 spiro atoms. The van der Waals surface area contributed by atoms with E-state index in [1.54, 1.807) is 30.2 Å². The highest BCUT2D eigenvalue weighted by atomic mass is 32.1. The molecule has 2 amide bonds. The van der Waals surface area contributed by atoms with Crippen LogP contribution in [-0.2, 0) is 4.79 Å². The number of aromatic nitrogens is 2. The van der Waals surface area contributed by atoms with Gasteiger partial charge in [-0.3, -0.25) is 9.59 Å². The average Bonchev–Trinajstić information content (AvgIpc) is 3.62. The number of nitrogens with one attached hydrogen (secondary N) is 1. The van der Waals surface area contributed by atoms with E-state index in [1.165, 1.54) is 11.3 Å². The second-order valence-electron chi connectivity index (χ2n) is 8.60. The number of ether oxygens (including phenoxy) is 3. The third kappa shape index (κ3) is 5.60. The molecule has 0 radical (unpaired) electrons. The molecule has 5 rings (SSSR count). The van der Waals surface area contributed by atoms with Gasteiger partial charge in [0.25, 0.3) is 5.91 Å². The van der Waals surface area contributed by atoms with E-state index in [9.17, 15) is 9.59 Å². The van der Waals surface area contributed by atoms with Crippen molar-refractivity contribution in [3.63, 3.8) is 0 Å². The number of rotatable bonds is 9. The number of hydrogen-bond acceptors (Lipinski definition) is 8. The summed E-state index contributed by atoms with van der Waals surface area (Å²) in [5.41, 5.74) is 2.28. The van der Waals surface area contributed by atoms with Gasteiger partial charge in [0.1, 0.15) is 10.8 Å². The molecule has 0 unspecified atom stereocenters. The number of nitrogens with zero attached hydrogens (tertiary/aromatic N) is 3. The first kappa shape index (κ1) is 25.2. The lowest BCUT2D eigenvalue weighted by atomic mass is 10.0. The van der Waals surface area contributed by atoms with Crippen LogP contribution in [0.2, 0.25) is 0 Å². The molecule has 0 bridgehead atoms. The van der Waals surface area contributed by atoms with Crippen molar-refractivity contribution < 1.29 is 23.8 Å². The lowest BCUT2D eigenvalue weighted by Gasteiger charge is -2.29. The van der Waals surface area contributed by atoms with Crippen LogP contribution in [0.15, 0.2) is 72.8 Å². The fourth-order valence-corrected chi connectivity index (χ4v) is 4.88. The molecule has 4 aromatic rings. The predicted molar refractivity (Wildman–Crippen MR) is 144 cm³/mol. The monoisotopic (exact) mass is 530 g/mol. The Labute approximate surface area is 224 Å². The zero-order chi connectivity index (χ0) is 26.5. The van der Waals surface area contributed by atoms with Crippen LogP contribution in [0.25, 0.3) is 10.6 Å². The minimum absolute atomic E-state index is 0.0849. The van der Waals surface area contributed by atoms with Crippen molar-refractivity contribution in [3.05, 3.63) is 83.9 Å². The molecule has 9 nitrogen and oxygen atoms in total. The van der Waals surface area contributed by atoms with Crippen LogP contribution in [0.1, 0.15) is 35.3 Å². The lowest BCUT2D eigenvalue weighted by Crippen LogP contribution is -2.36. The number of anilines is 1. The number of amides is 2. The highest BCUT2D eigenvalue weighted by molar-refractivity contribution is 7.18. The Morgan fingerprint density at radius 1 is 1.03 bits per heavy atom. The Kier molecular flexibility index (Phi) is 7.50. The summed E-state index contributed by atoms with van der Waals surface area (Å²) in [6.45, 7) is 2.28. The molecule has 0 aliphatic carbocycles. The van der Waals surface area contributed by atoms with Crippen LogP contribution in [-0.4, -0.2) is 47.4 Å². The maximum atomic E-state index is 13.6. The molecule has 1 N–H and O–H groups in total. The average molecular weight is 531 g/mol. The van der Waals surface area contributed by atoms with E-state index in [0.717, 1.165) is 11.1 Å². The van der Waals surface area contributed by atoms with Gasteiger partial charge in [-0.05, 0) is 42.8 Å². The number of carbonyl (C=O) groups is 2. The molecular formula is C28H26N4O5S. The number of carbonyl (C=O) groups excluding carboxylic acids is 2. The summed E-state index contributed by atoms with van der Waals surface area (Å²) in [6, 6.07) is 22.0. The van der Waals surface area contributed by atoms with E-state index in [1.807, 2.05) is 61.5 Å². The summed E-state index contributed by atoms with van der Waals surface area (Å²) in [5, 5.41) is 12.1. The molecule has 194 valence electrons. The van der Waals surface area contributed by atoms with Gasteiger partial charge < -0.3 is 24.4 Å². The van der Waals surface area contributed by atoms with Gasteiger partial charge in [0, 0.05) is 24.1 Å². The second-order valence-corrected chi connectivity index (χ2v) is 9.57. The summed E-state index contributed by atoms with van der Waals surface area (Å²) >= 11 is 1.27. The fourth-order valence-electron chi connectivity index (χ4n) is 4.13. The first-order valence-corrected chi connectivity index (χ1v) is 12.9. The number of methoxy groups -OCH3 is 1. The fraction of sp³-hybridized carbons (Fsp3) is 0.214. The predicted octanol–water partition coefficient (Wildman–Crippen LogP) is 5.17. The minimum atomic E-state index is -0.262. The summed E-state index contributed by atoms with van der Waals surface area (Å²) in [7, 11) is 1.60. The van der Waals surface area contributed by atoms with Crippen molar-refractivity contribution in [1.82, 2.24) is 15.1 Å². The highest BCUT2D eigenvalue weighted by Crippen LogP contribution is 2.34. The third-order valence-electron chi connectivity index (χ3n) is 6.20. The van der Waals surface area contributed by atoms with E-state index in [2.05, 4.69) is 15.5 Å². The van der Waals surface area contributed by atoms with Crippen LogP contribution < -0.4 is 19.5 Å². The summed E-state index contributed by atoms with van der Waals surface area (Å²) in [5.74, 6) is 1.38. The van der Waals surface area contributed by atoms with E-state index in [4.69, 9.17) is 14.2 Å². The number of fused-ring (bicyclic) bond motifs is 1. The van der Waals surface area contributed by atoms with Crippen molar-refractivity contribution in [3.8, 4) is 27.8 Å². The standard InChI is InChI=1S/C28H26N4O5S/c1-18(19-7-4-3-5-8-19)32(27(34)21-11-12-23-24(16-21)37-17-36-23)14-13-25(33)29-28-31-30-26(38-28)20-9-6-10-22(15-20)35-2/h3-12,15-16,18H,13-14,17H2,1-2H3,(H,29,31,33)/t18-/m0/s1. The smallest absolute Gasteiger partial charge is 0.254 e. The van der Waals surface area contributed by atoms with E-state index >= 15 is 0 Å². The SMILES string of the molecule is COc1cccc(-c2nnc(NC(=O)CCN(C(=O)c3ccc4c(c3)OCO4)[C@@H](C)c3ccccc3)s2)c1. The molecule has 1 aliphatic rings. The largest absolute Gasteiger partial charge is 0.497 e. The van der Waals surface area contributed by atoms with Gasteiger partial charge in [0.2, 0.25) is 17.8 Å². The van der Waals surface area contributed by atoms with Crippen LogP contribution in [0.4, 0.5) is 5.13 Å². The molecule has 38 heavy (non-hydrogen) atoms. The molecule has 0 fully saturated rings. The van der Waals surface area contributed by atoms with Gasteiger partial charge in [0.15, 0.2) is 11.5 Å². The zero-order valence-corrected chi connectivity index (χ0v) is 21.7. The van der Waals surface area contributed by atoms with E-state index in [0.29, 0.717) is 33.0 Å². The molecule has 10 heteroatoms. The van der Waals surface area contributed by atoms with Crippen molar-refractivity contribution in [2.24, 2.45) is 0 Å².